The predicted octanol–water partition coefficient (Wildman–Crippen LogP) is 1.37. The van der Waals surface area contributed by atoms with Crippen molar-refractivity contribution < 1.29 is 94.1 Å². The Labute approximate surface area is 309 Å². The number of rotatable bonds is 24. The van der Waals surface area contributed by atoms with E-state index in [4.69, 9.17) is 53.8 Å². The van der Waals surface area contributed by atoms with Gasteiger partial charge in [0.15, 0.2) is 6.23 Å². The van der Waals surface area contributed by atoms with E-state index in [2.05, 4.69) is 15.4 Å². The first-order valence-electron chi connectivity index (χ1n) is 16.0. The second kappa shape index (κ2) is 21.0. The molecule has 23 nitrogen and oxygen atoms in total. The molecule has 0 radical (unpaired) electrons. The van der Waals surface area contributed by atoms with Gasteiger partial charge in [-0.3, -0.25) is 36.6 Å². The highest BCUT2D eigenvalue weighted by Crippen LogP contribution is 2.49. The summed E-state index contributed by atoms with van der Waals surface area (Å²) in [5.74, 6) is 2.42. The number of aliphatic hydroxyl groups is 2. The monoisotopic (exact) mass is 853 g/mol. The molecule has 0 saturated carbocycles. The number of hydrogen-bond acceptors (Lipinski definition) is 16. The number of amidine groups is 1. The third-order valence-corrected chi connectivity index (χ3v) is 10.7. The number of benzene rings is 1. The zero-order chi connectivity index (χ0) is 40.2. The number of phosphoric acid groups is 4. The van der Waals surface area contributed by atoms with Gasteiger partial charge in [-0.25, -0.2) is 23.1 Å². The minimum absolute atomic E-state index is 0.00866. The zero-order valence-electron chi connectivity index (χ0n) is 28.5. The molecule has 1 fully saturated rings. The molecule has 0 aliphatic carbocycles. The van der Waals surface area contributed by atoms with Crippen LogP contribution in [0.5, 0.6) is 0 Å². The summed E-state index contributed by atoms with van der Waals surface area (Å²) in [5, 5.41) is 20.1. The number of carbonyl (C=O) groups excluding carboxylic acids is 1. The van der Waals surface area contributed by atoms with E-state index in [1.807, 2.05) is 0 Å². The van der Waals surface area contributed by atoms with Crippen molar-refractivity contribution in [2.45, 2.75) is 69.9 Å². The predicted molar refractivity (Wildman–Crippen MR) is 183 cm³/mol. The van der Waals surface area contributed by atoms with E-state index in [9.17, 15) is 47.9 Å². The van der Waals surface area contributed by atoms with Crippen LogP contribution >= 0.6 is 31.3 Å². The average Bonchev–Trinajstić information content (AvgIpc) is 3.38. The molecule has 1 aromatic rings. The summed E-state index contributed by atoms with van der Waals surface area (Å²) >= 11 is 0. The number of urea groups is 1. The first-order valence-corrected chi connectivity index (χ1v) is 22.0. The van der Waals surface area contributed by atoms with Gasteiger partial charge >= 0.3 is 37.3 Å². The van der Waals surface area contributed by atoms with Crippen LogP contribution in [0.15, 0.2) is 23.2 Å². The van der Waals surface area contributed by atoms with Gasteiger partial charge in [0.25, 0.3) is 0 Å². The van der Waals surface area contributed by atoms with Crippen LogP contribution < -0.4 is 5.73 Å². The lowest BCUT2D eigenvalue weighted by Crippen LogP contribution is -2.50. The molecule has 2 heterocycles. The molecule has 0 spiro atoms. The summed E-state index contributed by atoms with van der Waals surface area (Å²) in [4.78, 5) is 65.0. The van der Waals surface area contributed by atoms with Gasteiger partial charge in [0.2, 0.25) is 0 Å². The third-order valence-electron chi connectivity index (χ3n) is 7.26. The lowest BCUT2D eigenvalue weighted by atomic mass is 10.1. The smallest absolute Gasteiger partial charge is 0.392 e. The maximum absolute atomic E-state index is 12.7. The van der Waals surface area contributed by atoms with Crippen LogP contribution in [0.1, 0.15) is 48.8 Å². The van der Waals surface area contributed by atoms with Crippen molar-refractivity contribution in [3.8, 4) is 12.3 Å². The van der Waals surface area contributed by atoms with Crippen LogP contribution in [0.25, 0.3) is 0 Å². The summed E-state index contributed by atoms with van der Waals surface area (Å²) in [6.45, 7) is -2.92. The Hall–Kier alpha value is -1.96. The SMILES string of the molecule is C#Cc1cc(CO)cc(COP(=O)(O)OCCCCOP(=O)(O)OCCCCOP(=O)(O)OC2C(O)[C@H](N3CCC(N)=NC3=O)O[C@@H]2COP(=O)(O)O)c1. The van der Waals surface area contributed by atoms with Crippen LogP contribution in [0.2, 0.25) is 0 Å². The maximum Gasteiger partial charge on any atom is 0.472 e. The largest absolute Gasteiger partial charge is 0.472 e. The van der Waals surface area contributed by atoms with E-state index in [1.54, 1.807) is 18.2 Å². The highest BCUT2D eigenvalue weighted by atomic mass is 31.2. The molecule has 27 heteroatoms. The van der Waals surface area contributed by atoms with Crippen molar-refractivity contribution >= 4 is 43.2 Å². The molecule has 5 unspecified atom stereocenters. The van der Waals surface area contributed by atoms with Gasteiger partial charge in [-0.15, -0.1) is 6.42 Å². The molecule has 9 N–H and O–H groups in total. The molecule has 7 atom stereocenters. The Bertz CT molecular complexity index is 1690. The number of terminal acetylenes is 1. The van der Waals surface area contributed by atoms with Crippen LogP contribution in [0.3, 0.4) is 0 Å². The second-order valence-corrected chi connectivity index (χ2v) is 17.1. The lowest BCUT2D eigenvalue weighted by Gasteiger charge is -2.31. The summed E-state index contributed by atoms with van der Waals surface area (Å²) in [7, 11) is -19.0. The number of phosphoric ester groups is 4. The van der Waals surface area contributed by atoms with E-state index in [0.717, 1.165) is 4.90 Å². The number of aliphatic hydroxyl groups excluding tert-OH is 2. The molecule has 1 saturated heterocycles. The molecular weight excluding hydrogens is 810 g/mol. The first kappa shape index (κ1) is 46.4. The van der Waals surface area contributed by atoms with Crippen molar-refractivity contribution in [1.29, 1.82) is 0 Å². The lowest BCUT2D eigenvalue weighted by molar-refractivity contribution is -0.0774. The summed E-state index contributed by atoms with van der Waals surface area (Å²) in [5.41, 5.74) is 6.93. The topological polar surface area (TPSA) is 342 Å². The molecule has 2 aliphatic rings. The Morgan fingerprint density at radius 2 is 1.39 bits per heavy atom. The Kier molecular flexibility index (Phi) is 18.0. The highest BCUT2D eigenvalue weighted by Gasteiger charge is 2.52. The number of unbranched alkanes of at least 4 members (excludes halogenated alkanes) is 2. The number of hydrogen-bond donors (Lipinski definition) is 8. The Morgan fingerprint density at radius 1 is 0.852 bits per heavy atom. The van der Waals surface area contributed by atoms with Gasteiger partial charge in [0, 0.05) is 18.5 Å². The molecule has 0 aromatic heterocycles. The van der Waals surface area contributed by atoms with Gasteiger partial charge in [0.05, 0.1) is 46.2 Å². The minimum atomic E-state index is -5.05. The molecule has 54 heavy (non-hydrogen) atoms. The average molecular weight is 854 g/mol. The van der Waals surface area contributed by atoms with E-state index in [-0.39, 0.29) is 77.5 Å². The third kappa shape index (κ3) is 16.3. The number of nitrogens with two attached hydrogens (primary N) is 1. The molecule has 1 aromatic carbocycles. The normalized spacial score (nSPS) is 24.0. The Morgan fingerprint density at radius 3 is 1.91 bits per heavy atom. The quantitative estimate of drug-likeness (QED) is 0.0413. The fourth-order valence-corrected chi connectivity index (χ4v) is 7.66. The summed E-state index contributed by atoms with van der Waals surface area (Å²) < 4.78 is 87.5. The molecular formula is C27H43N3O20P4. The van der Waals surface area contributed by atoms with Gasteiger partial charge in [-0.05, 0) is 48.9 Å². The summed E-state index contributed by atoms with van der Waals surface area (Å²) in [6.07, 6.45) is -0.905. The van der Waals surface area contributed by atoms with Crippen LogP contribution in [-0.2, 0) is 67.9 Å². The van der Waals surface area contributed by atoms with E-state index >= 15 is 0 Å². The summed E-state index contributed by atoms with van der Waals surface area (Å²) in [6, 6.07) is 3.77. The van der Waals surface area contributed by atoms with E-state index in [1.165, 1.54) is 0 Å². The molecule has 0 bridgehead atoms. The van der Waals surface area contributed by atoms with Crippen molar-refractivity contribution in [2.75, 3.05) is 39.6 Å². The van der Waals surface area contributed by atoms with Crippen LogP contribution in [0.4, 0.5) is 4.79 Å². The maximum atomic E-state index is 12.7. The van der Waals surface area contributed by atoms with E-state index < -0.39 is 75.1 Å². The fourth-order valence-electron chi connectivity index (χ4n) is 4.78. The number of aliphatic imine (C=N–C) groups is 1. The molecule has 2 amide bonds. The van der Waals surface area contributed by atoms with Crippen LogP contribution in [-0.4, -0.2) is 116 Å². The van der Waals surface area contributed by atoms with Gasteiger partial charge in [0.1, 0.15) is 24.1 Å². The van der Waals surface area contributed by atoms with Gasteiger partial charge < -0.3 is 45.2 Å². The van der Waals surface area contributed by atoms with Gasteiger partial charge in [-0.1, -0.05) is 12.0 Å². The van der Waals surface area contributed by atoms with Gasteiger partial charge in [-0.2, -0.15) is 4.99 Å². The van der Waals surface area contributed by atoms with Crippen LogP contribution in [0, 0.1) is 12.3 Å². The highest BCUT2D eigenvalue weighted by molar-refractivity contribution is 7.48. The minimum Gasteiger partial charge on any atom is -0.392 e. The number of amides is 2. The second-order valence-electron chi connectivity index (χ2n) is 11.5. The van der Waals surface area contributed by atoms with Crippen molar-refractivity contribution in [3.63, 3.8) is 0 Å². The first-order chi connectivity index (χ1) is 25.2. The molecule has 3 rings (SSSR count). The molecule has 306 valence electrons. The van der Waals surface area contributed by atoms with Crippen molar-refractivity contribution in [2.24, 2.45) is 10.7 Å². The number of carbonyl (C=O) groups is 1. The number of nitrogens with zero attached hydrogens (tertiary/aromatic N) is 2. The standard InChI is InChI=1S/C27H43N3O20P4/c1-2-19-13-20(16-31)15-21(14-19)17-48-53(39,40)45-11-4-3-9-43-52(37,38)44-10-5-6-12-46-54(41,42)50-25-22(18-47-51(34,35)36)49-26(24(25)32)30-8-7-23(28)29-27(30)33/h1,13-15,22,24-26,31-32H,3-12,16-18H2,(H,37,38)(H,39,40)(H,41,42)(H2,28,29,33)(H2,34,35,36)/t22-,24?,25?,26-/m1/s1. The fraction of sp³-hybridized carbons (Fsp3) is 0.630. The Balaban J connectivity index is 1.33. The number of ether oxygens (including phenoxy) is 1. The molecule has 2 aliphatic heterocycles. The zero-order valence-corrected chi connectivity index (χ0v) is 32.1. The van der Waals surface area contributed by atoms with E-state index in [0.29, 0.717) is 16.7 Å². The van der Waals surface area contributed by atoms with Crippen molar-refractivity contribution in [1.82, 2.24) is 4.90 Å². The van der Waals surface area contributed by atoms with Crippen molar-refractivity contribution in [3.05, 3.63) is 34.9 Å².